The van der Waals surface area contributed by atoms with Crippen LogP contribution in [-0.2, 0) is 0 Å². The van der Waals surface area contributed by atoms with Crippen LogP contribution in [0, 0.1) is 5.82 Å². The molecule has 1 aliphatic carbocycles. The maximum atomic E-state index is 12.9. The number of rotatable bonds is 2. The molecule has 0 atom stereocenters. The van der Waals surface area contributed by atoms with Crippen LogP contribution in [0.5, 0.6) is 0 Å². The number of benzene rings is 1. The highest BCUT2D eigenvalue weighted by molar-refractivity contribution is 6.73. The van der Waals surface area contributed by atoms with Gasteiger partial charge < -0.3 is 12.9 Å². The second kappa shape index (κ2) is 3.00. The minimum atomic E-state index is -5.08. The molecule has 1 aromatic carbocycles. The zero-order chi connectivity index (χ0) is 10.3. The van der Waals surface area contributed by atoms with E-state index in [9.17, 15) is 17.3 Å². The quantitative estimate of drug-likeness (QED) is 0.512. The Hall–Kier alpha value is -0.995. The van der Waals surface area contributed by atoms with E-state index < -0.39 is 18.3 Å². The molecule has 14 heavy (non-hydrogen) atoms. The van der Waals surface area contributed by atoms with Crippen molar-refractivity contribution in [1.29, 1.82) is 0 Å². The van der Waals surface area contributed by atoms with Gasteiger partial charge in [0.1, 0.15) is 5.82 Å². The summed E-state index contributed by atoms with van der Waals surface area (Å²) in [7, 11) is 0. The highest BCUT2D eigenvalue weighted by Gasteiger charge is 2.29. The first kappa shape index (κ1) is 9.56. The molecule has 0 aliphatic heterocycles. The van der Waals surface area contributed by atoms with Crippen LogP contribution in [0.25, 0.3) is 0 Å². The third kappa shape index (κ3) is 1.91. The molecule has 0 N–H and O–H groups in total. The minimum Gasteiger partial charge on any atom is -0.445 e. The summed E-state index contributed by atoms with van der Waals surface area (Å²) >= 11 is 0. The van der Waals surface area contributed by atoms with E-state index in [2.05, 4.69) is 0 Å². The van der Waals surface area contributed by atoms with Crippen molar-refractivity contribution >= 4 is 12.4 Å². The van der Waals surface area contributed by atoms with Crippen molar-refractivity contribution in [2.24, 2.45) is 0 Å². The average Bonchev–Trinajstić information content (AvgIpc) is 2.83. The maximum absolute atomic E-state index is 12.9. The molecule has 0 heterocycles. The molecule has 76 valence electrons. The van der Waals surface area contributed by atoms with E-state index >= 15 is 0 Å². The lowest BCUT2D eigenvalue weighted by molar-refractivity contribution is 0.499. The van der Waals surface area contributed by atoms with Crippen LogP contribution in [0.2, 0.25) is 0 Å². The van der Waals surface area contributed by atoms with E-state index in [1.165, 1.54) is 6.07 Å². The van der Waals surface area contributed by atoms with Gasteiger partial charge in [-0.05, 0) is 30.4 Å². The highest BCUT2D eigenvalue weighted by Crippen LogP contribution is 2.40. The van der Waals surface area contributed by atoms with Gasteiger partial charge in [0.25, 0.3) is 0 Å². The Labute approximate surface area is 79.0 Å². The van der Waals surface area contributed by atoms with Gasteiger partial charge in [0.05, 0.1) is 0 Å². The standard InChI is InChI=1S/C9H8BF4/c11-9-4-7(6-1-2-6)3-8(5-9)10(12,13)14/h3-6H,1-2H2/q-1. The molecule has 0 nitrogen and oxygen atoms in total. The van der Waals surface area contributed by atoms with Crippen molar-refractivity contribution in [2.45, 2.75) is 18.8 Å². The van der Waals surface area contributed by atoms with Crippen molar-refractivity contribution in [1.82, 2.24) is 0 Å². The van der Waals surface area contributed by atoms with Crippen LogP contribution >= 0.6 is 0 Å². The Balaban J connectivity index is 2.41. The zero-order valence-corrected chi connectivity index (χ0v) is 7.31. The molecule has 2 rings (SSSR count). The molecule has 0 spiro atoms. The Morgan fingerprint density at radius 3 is 2.21 bits per heavy atom. The smallest absolute Gasteiger partial charge is 0.445 e. The van der Waals surface area contributed by atoms with E-state index in [4.69, 9.17) is 0 Å². The molecule has 1 fully saturated rings. The van der Waals surface area contributed by atoms with Crippen molar-refractivity contribution in [3.05, 3.63) is 29.6 Å². The van der Waals surface area contributed by atoms with Crippen molar-refractivity contribution in [2.75, 3.05) is 0 Å². The zero-order valence-electron chi connectivity index (χ0n) is 7.31. The van der Waals surface area contributed by atoms with Crippen LogP contribution in [0.4, 0.5) is 17.3 Å². The Morgan fingerprint density at radius 1 is 1.07 bits per heavy atom. The normalized spacial score (nSPS) is 17.1. The van der Waals surface area contributed by atoms with E-state index in [-0.39, 0.29) is 5.92 Å². The van der Waals surface area contributed by atoms with Gasteiger partial charge in [-0.1, -0.05) is 12.1 Å². The molecule has 0 aromatic heterocycles. The molecule has 5 heteroatoms. The summed E-state index contributed by atoms with van der Waals surface area (Å²) in [6.07, 6.45) is 1.74. The Kier molecular flexibility index (Phi) is 2.05. The average molecular weight is 203 g/mol. The predicted molar refractivity (Wildman–Crippen MR) is 47.1 cm³/mol. The fraction of sp³-hybridized carbons (Fsp3) is 0.333. The summed E-state index contributed by atoms with van der Waals surface area (Å²) in [6, 6.07) is 2.83. The van der Waals surface area contributed by atoms with Gasteiger partial charge in [-0.3, -0.25) is 0 Å². The second-order valence-electron chi connectivity index (χ2n) is 3.67. The van der Waals surface area contributed by atoms with E-state index in [1.807, 2.05) is 0 Å². The first-order valence-corrected chi connectivity index (χ1v) is 4.47. The lowest BCUT2D eigenvalue weighted by atomic mass is 9.79. The first-order valence-electron chi connectivity index (χ1n) is 4.47. The first-order chi connectivity index (χ1) is 6.47. The summed E-state index contributed by atoms with van der Waals surface area (Å²) in [4.78, 5) is 0. The predicted octanol–water partition coefficient (Wildman–Crippen LogP) is 2.76. The van der Waals surface area contributed by atoms with Crippen molar-refractivity contribution in [3.8, 4) is 0 Å². The number of hydrogen-bond donors (Lipinski definition) is 0. The van der Waals surface area contributed by atoms with E-state index in [0.29, 0.717) is 11.6 Å². The molecule has 1 aromatic rings. The molecule has 0 bridgehead atoms. The van der Waals surface area contributed by atoms with Gasteiger partial charge in [0.15, 0.2) is 0 Å². The Bertz CT molecular complexity index is 354. The van der Waals surface area contributed by atoms with Gasteiger partial charge in [-0.25, -0.2) is 4.39 Å². The number of hydrogen-bond acceptors (Lipinski definition) is 0. The van der Waals surface area contributed by atoms with Crippen LogP contribution in [-0.4, -0.2) is 6.98 Å². The van der Waals surface area contributed by atoms with Crippen LogP contribution < -0.4 is 5.46 Å². The molecular formula is C9H8BF4-. The van der Waals surface area contributed by atoms with Crippen molar-refractivity contribution < 1.29 is 17.3 Å². The molecule has 1 aliphatic rings. The molecule has 1 saturated carbocycles. The lowest BCUT2D eigenvalue weighted by Gasteiger charge is -2.16. The molecular weight excluding hydrogens is 195 g/mol. The van der Waals surface area contributed by atoms with Crippen LogP contribution in [0.15, 0.2) is 18.2 Å². The van der Waals surface area contributed by atoms with Gasteiger partial charge in [0, 0.05) is 0 Å². The second-order valence-corrected chi connectivity index (χ2v) is 3.67. The molecule has 0 amide bonds. The maximum Gasteiger partial charge on any atom is 0.509 e. The van der Waals surface area contributed by atoms with Gasteiger partial charge in [-0.15, -0.1) is 5.46 Å². The van der Waals surface area contributed by atoms with Crippen LogP contribution in [0.3, 0.4) is 0 Å². The third-order valence-electron chi connectivity index (χ3n) is 2.37. The fourth-order valence-electron chi connectivity index (χ4n) is 1.48. The minimum absolute atomic E-state index is 0.141. The summed E-state index contributed by atoms with van der Waals surface area (Å²) < 4.78 is 49.8. The summed E-state index contributed by atoms with van der Waals surface area (Å²) in [6.45, 7) is -5.08. The summed E-state index contributed by atoms with van der Waals surface area (Å²) in [5.74, 6) is -0.647. The molecule has 0 unspecified atom stereocenters. The lowest BCUT2D eigenvalue weighted by Crippen LogP contribution is -2.34. The highest BCUT2D eigenvalue weighted by atomic mass is 19.4. The largest absolute Gasteiger partial charge is 0.509 e. The SMILES string of the molecule is Fc1cc(C2CC2)cc([B-](F)(F)F)c1. The van der Waals surface area contributed by atoms with E-state index in [0.717, 1.165) is 18.9 Å². The van der Waals surface area contributed by atoms with Gasteiger partial charge in [0.2, 0.25) is 0 Å². The fourth-order valence-corrected chi connectivity index (χ4v) is 1.48. The molecule has 0 radical (unpaired) electrons. The topological polar surface area (TPSA) is 0 Å². The summed E-state index contributed by atoms with van der Waals surface area (Å²) in [5, 5.41) is 0. The van der Waals surface area contributed by atoms with Crippen LogP contribution in [0.1, 0.15) is 24.3 Å². The van der Waals surface area contributed by atoms with Crippen molar-refractivity contribution in [3.63, 3.8) is 0 Å². The third-order valence-corrected chi connectivity index (χ3v) is 2.37. The van der Waals surface area contributed by atoms with E-state index in [1.54, 1.807) is 0 Å². The van der Waals surface area contributed by atoms with Gasteiger partial charge in [-0.2, -0.15) is 0 Å². The Morgan fingerprint density at radius 2 is 1.71 bits per heavy atom. The summed E-state index contributed by atoms with van der Waals surface area (Å²) in [5.41, 5.74) is -0.342. The number of halogens is 4. The van der Waals surface area contributed by atoms with Gasteiger partial charge >= 0.3 is 6.98 Å². The monoisotopic (exact) mass is 203 g/mol. The molecule has 0 saturated heterocycles.